The van der Waals surface area contributed by atoms with Gasteiger partial charge in [0, 0.05) is 24.8 Å². The summed E-state index contributed by atoms with van der Waals surface area (Å²) in [5.41, 5.74) is 0.636. The maximum Gasteiger partial charge on any atom is 0.424 e. The quantitative estimate of drug-likeness (QED) is 0.407. The average Bonchev–Trinajstić information content (AvgIpc) is 3.33. The van der Waals surface area contributed by atoms with Gasteiger partial charge in [-0.05, 0) is 30.7 Å². The molecule has 0 amide bonds. The number of benzene rings is 1. The first-order chi connectivity index (χ1) is 12.5. The molecule has 0 spiro atoms. The summed E-state index contributed by atoms with van der Waals surface area (Å²) in [6, 6.07) is 6.42. The summed E-state index contributed by atoms with van der Waals surface area (Å²) >= 11 is 0. The third-order valence-electron chi connectivity index (χ3n) is 3.46. The van der Waals surface area contributed by atoms with Crippen molar-refractivity contribution in [2.75, 3.05) is 0 Å². The van der Waals surface area contributed by atoms with Crippen LogP contribution in [-0.2, 0) is 4.79 Å². The lowest BCUT2D eigenvalue weighted by Gasteiger charge is -2.06. The molecule has 3 rings (SSSR count). The molecule has 0 aliphatic heterocycles. The largest absolute Gasteiger partial charge is 0.424 e. The monoisotopic (exact) mass is 350 g/mol. The SMILES string of the molecule is CC(=O)/C(=C\c1ccc(OC(=O)n2ccnc2)cc1)C(=O)n1ccnc1. The molecule has 0 N–H and O–H groups in total. The van der Waals surface area contributed by atoms with E-state index in [1.165, 1.54) is 59.6 Å². The van der Waals surface area contributed by atoms with E-state index in [1.54, 1.807) is 24.3 Å². The van der Waals surface area contributed by atoms with Crippen LogP contribution in [0.4, 0.5) is 4.79 Å². The number of hydrogen-bond acceptors (Lipinski definition) is 6. The molecule has 8 heteroatoms. The van der Waals surface area contributed by atoms with Crippen molar-refractivity contribution in [2.45, 2.75) is 6.92 Å². The molecule has 0 radical (unpaired) electrons. The van der Waals surface area contributed by atoms with Gasteiger partial charge >= 0.3 is 6.09 Å². The van der Waals surface area contributed by atoms with Crippen LogP contribution in [0.15, 0.2) is 67.3 Å². The molecule has 0 atom stereocenters. The normalized spacial score (nSPS) is 11.2. The molecule has 26 heavy (non-hydrogen) atoms. The Bertz CT molecular complexity index is 955. The van der Waals surface area contributed by atoms with Crippen LogP contribution in [0.1, 0.15) is 17.3 Å². The number of carbonyl (C=O) groups is 3. The molecule has 0 aliphatic carbocycles. The number of allylic oxidation sites excluding steroid dienone is 1. The Morgan fingerprint density at radius 2 is 1.58 bits per heavy atom. The van der Waals surface area contributed by atoms with E-state index in [-0.39, 0.29) is 11.4 Å². The minimum Gasteiger partial charge on any atom is -0.410 e. The number of aromatic nitrogens is 4. The maximum absolute atomic E-state index is 12.4. The van der Waals surface area contributed by atoms with Gasteiger partial charge in [-0.25, -0.2) is 19.3 Å². The van der Waals surface area contributed by atoms with Gasteiger partial charge in [-0.15, -0.1) is 0 Å². The van der Waals surface area contributed by atoms with Crippen molar-refractivity contribution in [2.24, 2.45) is 0 Å². The molecule has 2 heterocycles. The third-order valence-corrected chi connectivity index (χ3v) is 3.46. The molecule has 0 saturated heterocycles. The van der Waals surface area contributed by atoms with Crippen LogP contribution in [0.2, 0.25) is 0 Å². The highest BCUT2D eigenvalue weighted by Crippen LogP contribution is 2.16. The lowest BCUT2D eigenvalue weighted by atomic mass is 10.1. The summed E-state index contributed by atoms with van der Waals surface area (Å²) in [7, 11) is 0. The summed E-state index contributed by atoms with van der Waals surface area (Å²) in [5, 5.41) is 0. The predicted octanol–water partition coefficient (Wildman–Crippen LogP) is 2.44. The minimum atomic E-state index is -0.592. The van der Waals surface area contributed by atoms with Crippen LogP contribution in [0.5, 0.6) is 5.75 Å². The fraction of sp³-hybridized carbons (Fsp3) is 0.0556. The molecular formula is C18H14N4O4. The lowest BCUT2D eigenvalue weighted by molar-refractivity contribution is -0.113. The van der Waals surface area contributed by atoms with Gasteiger partial charge in [-0.2, -0.15) is 0 Å². The minimum absolute atomic E-state index is 0.0196. The highest BCUT2D eigenvalue weighted by molar-refractivity contribution is 6.22. The smallest absolute Gasteiger partial charge is 0.410 e. The summed E-state index contributed by atoms with van der Waals surface area (Å²) in [5.74, 6) is -0.504. The van der Waals surface area contributed by atoms with Crippen LogP contribution in [0.3, 0.4) is 0 Å². The molecule has 0 fully saturated rings. The number of ketones is 1. The van der Waals surface area contributed by atoms with E-state index < -0.39 is 12.0 Å². The van der Waals surface area contributed by atoms with E-state index in [4.69, 9.17) is 4.74 Å². The van der Waals surface area contributed by atoms with Crippen molar-refractivity contribution in [1.82, 2.24) is 19.1 Å². The van der Waals surface area contributed by atoms with Crippen molar-refractivity contribution < 1.29 is 19.1 Å². The van der Waals surface area contributed by atoms with Gasteiger partial charge in [0.15, 0.2) is 5.78 Å². The number of Topliss-reactive ketones (excluding diaryl/α,β-unsaturated/α-hetero) is 1. The van der Waals surface area contributed by atoms with Gasteiger partial charge in [0.25, 0.3) is 5.91 Å². The van der Waals surface area contributed by atoms with Crippen molar-refractivity contribution in [3.63, 3.8) is 0 Å². The summed E-state index contributed by atoms with van der Waals surface area (Å²) in [4.78, 5) is 43.6. The predicted molar refractivity (Wildman–Crippen MR) is 91.6 cm³/mol. The Hall–Kier alpha value is -3.81. The molecule has 0 bridgehead atoms. The van der Waals surface area contributed by atoms with Crippen molar-refractivity contribution >= 4 is 23.9 Å². The Morgan fingerprint density at radius 1 is 0.962 bits per heavy atom. The molecule has 0 aliphatic rings. The van der Waals surface area contributed by atoms with Gasteiger partial charge < -0.3 is 4.74 Å². The zero-order chi connectivity index (χ0) is 18.5. The van der Waals surface area contributed by atoms with E-state index in [0.29, 0.717) is 11.3 Å². The van der Waals surface area contributed by atoms with E-state index >= 15 is 0 Å². The van der Waals surface area contributed by atoms with E-state index in [1.807, 2.05) is 0 Å². The van der Waals surface area contributed by atoms with Crippen LogP contribution < -0.4 is 4.74 Å². The van der Waals surface area contributed by atoms with Gasteiger partial charge in [0.1, 0.15) is 18.4 Å². The molecule has 130 valence electrons. The molecular weight excluding hydrogens is 336 g/mol. The topological polar surface area (TPSA) is 96.1 Å². The average molecular weight is 350 g/mol. The van der Waals surface area contributed by atoms with E-state index in [2.05, 4.69) is 9.97 Å². The maximum atomic E-state index is 12.4. The molecule has 8 nitrogen and oxygen atoms in total. The van der Waals surface area contributed by atoms with Gasteiger partial charge in [0.2, 0.25) is 0 Å². The molecule has 1 aromatic carbocycles. The number of rotatable bonds is 4. The van der Waals surface area contributed by atoms with Crippen molar-refractivity contribution in [3.05, 3.63) is 72.8 Å². The standard InChI is InChI=1S/C18H14N4O4/c1-13(23)16(17(24)21-8-6-19-11-21)10-14-2-4-15(5-3-14)26-18(25)22-9-7-20-12-22/h2-12H,1H3/b16-10+. The van der Waals surface area contributed by atoms with Crippen LogP contribution in [0.25, 0.3) is 6.08 Å². The lowest BCUT2D eigenvalue weighted by Crippen LogP contribution is -2.16. The molecule has 2 aromatic heterocycles. The first-order valence-corrected chi connectivity index (χ1v) is 7.60. The van der Waals surface area contributed by atoms with Gasteiger partial charge in [0.05, 0.1) is 5.57 Å². The van der Waals surface area contributed by atoms with Crippen LogP contribution in [-0.4, -0.2) is 36.9 Å². The summed E-state index contributed by atoms with van der Waals surface area (Å²) in [6.07, 6.45) is 9.42. The molecule has 0 unspecified atom stereocenters. The second-order valence-corrected chi connectivity index (χ2v) is 5.30. The number of imidazole rings is 2. The summed E-state index contributed by atoms with van der Waals surface area (Å²) < 4.78 is 7.62. The molecule has 3 aromatic rings. The first-order valence-electron chi connectivity index (χ1n) is 7.60. The Balaban J connectivity index is 1.78. The number of carbonyl (C=O) groups excluding carboxylic acids is 3. The third kappa shape index (κ3) is 3.81. The fourth-order valence-corrected chi connectivity index (χ4v) is 2.15. The number of hydrogen-bond donors (Lipinski definition) is 0. The second-order valence-electron chi connectivity index (χ2n) is 5.30. The van der Waals surface area contributed by atoms with E-state index in [0.717, 1.165) is 0 Å². The summed E-state index contributed by atoms with van der Waals surface area (Å²) in [6.45, 7) is 1.32. The van der Waals surface area contributed by atoms with Crippen LogP contribution in [0, 0.1) is 0 Å². The van der Waals surface area contributed by atoms with Crippen molar-refractivity contribution in [3.8, 4) is 5.75 Å². The van der Waals surface area contributed by atoms with Crippen molar-refractivity contribution in [1.29, 1.82) is 0 Å². The highest BCUT2D eigenvalue weighted by atomic mass is 16.6. The Labute approximate surface area is 148 Å². The van der Waals surface area contributed by atoms with Gasteiger partial charge in [-0.1, -0.05) is 12.1 Å². The zero-order valence-corrected chi connectivity index (χ0v) is 13.8. The number of nitrogens with zero attached hydrogens (tertiary/aromatic N) is 4. The Kier molecular flexibility index (Phi) is 4.84. The molecule has 0 saturated carbocycles. The van der Waals surface area contributed by atoms with E-state index in [9.17, 15) is 14.4 Å². The first kappa shape index (κ1) is 17.0. The van der Waals surface area contributed by atoms with Gasteiger partial charge in [-0.3, -0.25) is 14.2 Å². The fourth-order valence-electron chi connectivity index (χ4n) is 2.15. The zero-order valence-electron chi connectivity index (χ0n) is 13.8. The number of ether oxygens (including phenoxy) is 1. The Morgan fingerprint density at radius 3 is 2.12 bits per heavy atom. The second kappa shape index (κ2) is 7.39. The highest BCUT2D eigenvalue weighted by Gasteiger charge is 2.16. The van der Waals surface area contributed by atoms with Crippen LogP contribution >= 0.6 is 0 Å².